The van der Waals surface area contributed by atoms with Gasteiger partial charge in [-0.05, 0) is 23.6 Å². The van der Waals surface area contributed by atoms with Crippen LogP contribution >= 0.6 is 27.5 Å². The first-order valence-corrected chi connectivity index (χ1v) is 6.86. The first-order chi connectivity index (χ1) is 8.09. The van der Waals surface area contributed by atoms with Gasteiger partial charge in [0.2, 0.25) is 0 Å². The average Bonchev–Trinajstić information content (AvgIpc) is 2.25. The second kappa shape index (κ2) is 8.09. The fraction of sp³-hybridized carbons (Fsp3) is 0.538. The molecule has 1 aromatic rings. The van der Waals surface area contributed by atoms with E-state index in [4.69, 9.17) is 21.1 Å². The molecule has 96 valence electrons. The quantitative estimate of drug-likeness (QED) is 0.697. The molecule has 0 aliphatic heterocycles. The Kier molecular flexibility index (Phi) is 7.12. The first kappa shape index (κ1) is 15.0. The van der Waals surface area contributed by atoms with E-state index in [1.807, 2.05) is 18.2 Å². The third kappa shape index (κ3) is 6.41. The van der Waals surface area contributed by atoms with Gasteiger partial charge in [-0.1, -0.05) is 47.4 Å². The maximum Gasteiger partial charge on any atom is 0.0732 e. The lowest BCUT2D eigenvalue weighted by Gasteiger charge is -2.08. The van der Waals surface area contributed by atoms with Crippen molar-refractivity contribution in [3.05, 3.63) is 33.3 Å². The fourth-order valence-electron chi connectivity index (χ4n) is 1.26. The van der Waals surface area contributed by atoms with Crippen LogP contribution in [0.3, 0.4) is 0 Å². The van der Waals surface area contributed by atoms with E-state index < -0.39 is 0 Å². The minimum atomic E-state index is 0.525. The molecule has 0 aliphatic rings. The molecule has 4 heteroatoms. The van der Waals surface area contributed by atoms with E-state index in [2.05, 4.69) is 29.8 Å². The van der Waals surface area contributed by atoms with Gasteiger partial charge in [0.1, 0.15) is 0 Å². The van der Waals surface area contributed by atoms with E-state index in [1.54, 1.807) is 0 Å². The summed E-state index contributed by atoms with van der Waals surface area (Å²) in [6, 6.07) is 5.79. The van der Waals surface area contributed by atoms with Crippen molar-refractivity contribution in [2.45, 2.75) is 20.5 Å². The highest BCUT2D eigenvalue weighted by molar-refractivity contribution is 9.10. The standard InChI is InChI=1S/C13H18BrClO2/c1-10(2)8-16-5-6-17-9-11-3-4-12(14)7-13(11)15/h3-4,7,10H,5-6,8-9H2,1-2H3. The molecule has 0 N–H and O–H groups in total. The lowest BCUT2D eigenvalue weighted by atomic mass is 10.2. The van der Waals surface area contributed by atoms with Gasteiger partial charge in [0, 0.05) is 16.1 Å². The van der Waals surface area contributed by atoms with E-state index in [1.165, 1.54) is 0 Å². The van der Waals surface area contributed by atoms with Crippen LogP contribution in [0.15, 0.2) is 22.7 Å². The van der Waals surface area contributed by atoms with E-state index in [9.17, 15) is 0 Å². The Morgan fingerprint density at radius 2 is 1.94 bits per heavy atom. The van der Waals surface area contributed by atoms with Crippen LogP contribution in [0.2, 0.25) is 5.02 Å². The zero-order valence-corrected chi connectivity index (χ0v) is 12.6. The lowest BCUT2D eigenvalue weighted by molar-refractivity contribution is 0.0315. The van der Waals surface area contributed by atoms with Gasteiger partial charge in [-0.25, -0.2) is 0 Å². The Labute approximate surface area is 116 Å². The van der Waals surface area contributed by atoms with Gasteiger partial charge in [-0.2, -0.15) is 0 Å². The van der Waals surface area contributed by atoms with Crippen molar-refractivity contribution >= 4 is 27.5 Å². The predicted molar refractivity (Wildman–Crippen MR) is 74.5 cm³/mol. The van der Waals surface area contributed by atoms with Crippen LogP contribution in [0.5, 0.6) is 0 Å². The molecule has 0 heterocycles. The third-order valence-electron chi connectivity index (χ3n) is 2.10. The topological polar surface area (TPSA) is 18.5 Å². The summed E-state index contributed by atoms with van der Waals surface area (Å²) in [4.78, 5) is 0. The largest absolute Gasteiger partial charge is 0.379 e. The molecule has 0 amide bonds. The Morgan fingerprint density at radius 1 is 1.24 bits per heavy atom. The summed E-state index contributed by atoms with van der Waals surface area (Å²) in [5, 5.41) is 0.725. The normalized spacial score (nSPS) is 11.1. The molecule has 0 radical (unpaired) electrons. The molecule has 0 saturated heterocycles. The van der Waals surface area contributed by atoms with Gasteiger partial charge in [-0.15, -0.1) is 0 Å². The molecular formula is C13H18BrClO2. The highest BCUT2D eigenvalue weighted by Crippen LogP contribution is 2.21. The smallest absolute Gasteiger partial charge is 0.0732 e. The molecule has 0 aromatic heterocycles. The summed E-state index contributed by atoms with van der Waals surface area (Å²) in [6.45, 7) is 6.79. The molecule has 0 fully saturated rings. The lowest BCUT2D eigenvalue weighted by Crippen LogP contribution is -2.08. The van der Waals surface area contributed by atoms with Crippen LogP contribution in [0.4, 0.5) is 0 Å². The number of rotatable bonds is 7. The summed E-state index contributed by atoms with van der Waals surface area (Å²) >= 11 is 9.44. The Hall–Kier alpha value is -0.0900. The van der Waals surface area contributed by atoms with Gasteiger partial charge in [-0.3, -0.25) is 0 Å². The molecule has 17 heavy (non-hydrogen) atoms. The van der Waals surface area contributed by atoms with Crippen molar-refractivity contribution in [1.29, 1.82) is 0 Å². The van der Waals surface area contributed by atoms with Gasteiger partial charge >= 0.3 is 0 Å². The molecule has 0 aliphatic carbocycles. The monoisotopic (exact) mass is 320 g/mol. The van der Waals surface area contributed by atoms with Gasteiger partial charge in [0.15, 0.2) is 0 Å². The van der Waals surface area contributed by atoms with E-state index in [0.717, 1.165) is 21.7 Å². The van der Waals surface area contributed by atoms with Crippen LogP contribution in [-0.4, -0.2) is 19.8 Å². The number of hydrogen-bond donors (Lipinski definition) is 0. The van der Waals surface area contributed by atoms with Crippen LogP contribution in [0, 0.1) is 5.92 Å². The highest BCUT2D eigenvalue weighted by atomic mass is 79.9. The average molecular weight is 322 g/mol. The van der Waals surface area contributed by atoms with Gasteiger partial charge in [0.25, 0.3) is 0 Å². The molecular weight excluding hydrogens is 303 g/mol. The number of hydrogen-bond acceptors (Lipinski definition) is 2. The molecule has 0 atom stereocenters. The minimum Gasteiger partial charge on any atom is -0.379 e. The Morgan fingerprint density at radius 3 is 2.59 bits per heavy atom. The van der Waals surface area contributed by atoms with Gasteiger partial charge < -0.3 is 9.47 Å². The van der Waals surface area contributed by atoms with E-state index in [0.29, 0.717) is 25.7 Å². The summed E-state index contributed by atoms with van der Waals surface area (Å²) in [5.41, 5.74) is 0.999. The maximum absolute atomic E-state index is 6.07. The zero-order valence-electron chi connectivity index (χ0n) is 10.2. The molecule has 0 saturated carbocycles. The number of ether oxygens (including phenoxy) is 2. The Bertz CT molecular complexity index is 342. The molecule has 1 rings (SSSR count). The fourth-order valence-corrected chi connectivity index (χ4v) is 1.99. The summed E-state index contributed by atoms with van der Waals surface area (Å²) < 4.78 is 11.9. The van der Waals surface area contributed by atoms with Crippen LogP contribution in [0.25, 0.3) is 0 Å². The molecule has 0 unspecified atom stereocenters. The van der Waals surface area contributed by atoms with Crippen molar-refractivity contribution in [3.8, 4) is 0 Å². The summed E-state index contributed by atoms with van der Waals surface area (Å²) in [5.74, 6) is 0.566. The molecule has 2 nitrogen and oxygen atoms in total. The molecule has 1 aromatic carbocycles. The maximum atomic E-state index is 6.07. The molecule has 0 spiro atoms. The van der Waals surface area contributed by atoms with E-state index in [-0.39, 0.29) is 0 Å². The second-order valence-electron chi connectivity index (χ2n) is 4.26. The SMILES string of the molecule is CC(C)COCCOCc1ccc(Br)cc1Cl. The minimum absolute atomic E-state index is 0.525. The van der Waals surface area contributed by atoms with Crippen LogP contribution in [-0.2, 0) is 16.1 Å². The second-order valence-corrected chi connectivity index (χ2v) is 5.58. The van der Waals surface area contributed by atoms with Gasteiger partial charge in [0.05, 0.1) is 19.8 Å². The third-order valence-corrected chi connectivity index (χ3v) is 2.94. The Balaban J connectivity index is 2.18. The van der Waals surface area contributed by atoms with Crippen molar-refractivity contribution < 1.29 is 9.47 Å². The summed E-state index contributed by atoms with van der Waals surface area (Å²) in [6.07, 6.45) is 0. The van der Waals surface area contributed by atoms with Crippen molar-refractivity contribution in [2.75, 3.05) is 19.8 Å². The highest BCUT2D eigenvalue weighted by Gasteiger charge is 2.01. The van der Waals surface area contributed by atoms with E-state index >= 15 is 0 Å². The van der Waals surface area contributed by atoms with Crippen LogP contribution < -0.4 is 0 Å². The molecule has 0 bridgehead atoms. The van der Waals surface area contributed by atoms with Crippen LogP contribution in [0.1, 0.15) is 19.4 Å². The van der Waals surface area contributed by atoms with Crippen molar-refractivity contribution in [3.63, 3.8) is 0 Å². The first-order valence-electron chi connectivity index (χ1n) is 5.69. The van der Waals surface area contributed by atoms with Crippen molar-refractivity contribution in [1.82, 2.24) is 0 Å². The zero-order chi connectivity index (χ0) is 12.7. The number of halogens is 2. The van der Waals surface area contributed by atoms with Crippen molar-refractivity contribution in [2.24, 2.45) is 5.92 Å². The predicted octanol–water partition coefficient (Wildman–Crippen LogP) is 4.29. The number of benzene rings is 1. The summed E-state index contributed by atoms with van der Waals surface area (Å²) in [7, 11) is 0.